The van der Waals surface area contributed by atoms with Crippen molar-refractivity contribution in [3.05, 3.63) is 101 Å². The Hall–Kier alpha value is -4.30. The van der Waals surface area contributed by atoms with Gasteiger partial charge in [-0.25, -0.2) is 0 Å². The quantitative estimate of drug-likeness (QED) is 0.340. The van der Waals surface area contributed by atoms with E-state index in [0.29, 0.717) is 35.4 Å². The molecule has 38 heavy (non-hydrogen) atoms. The lowest BCUT2D eigenvalue weighted by Gasteiger charge is -2.27. The molecule has 0 fully saturated rings. The lowest BCUT2D eigenvalue weighted by molar-refractivity contribution is -0.114. The lowest BCUT2D eigenvalue weighted by Crippen LogP contribution is -2.38. The molecule has 3 aromatic carbocycles. The van der Waals surface area contributed by atoms with Gasteiger partial charge < -0.3 is 14.2 Å². The van der Waals surface area contributed by atoms with E-state index in [-0.39, 0.29) is 17.3 Å². The number of hydrogen-bond donors (Lipinski definition) is 1. The average Bonchev–Trinajstić information content (AvgIpc) is 3.38. The molecule has 5 rings (SSSR count). The molecule has 2 aliphatic rings. The van der Waals surface area contributed by atoms with Gasteiger partial charge >= 0.3 is 0 Å². The number of benzene rings is 3. The molecule has 8 heteroatoms. The molecule has 7 nitrogen and oxygen atoms in total. The van der Waals surface area contributed by atoms with Gasteiger partial charge in [0.25, 0.3) is 5.91 Å². The molecule has 0 aromatic heterocycles. The summed E-state index contributed by atoms with van der Waals surface area (Å²) in [4.78, 5) is 18.8. The molecule has 1 atom stereocenters. The zero-order valence-electron chi connectivity index (χ0n) is 21.1. The zero-order chi connectivity index (χ0) is 26.5. The van der Waals surface area contributed by atoms with Crippen LogP contribution in [0.1, 0.15) is 18.1 Å². The third-order valence-corrected chi connectivity index (χ3v) is 6.81. The number of rotatable bonds is 9. The van der Waals surface area contributed by atoms with E-state index < -0.39 is 5.91 Å². The highest BCUT2D eigenvalue weighted by atomic mass is 32.2. The first kappa shape index (κ1) is 25.4. The number of para-hydroxylation sites is 1. The van der Waals surface area contributed by atoms with Crippen LogP contribution in [-0.2, 0) is 4.79 Å². The largest absolute Gasteiger partial charge is 0.493 e. The van der Waals surface area contributed by atoms with E-state index in [0.717, 1.165) is 17.0 Å². The first-order valence-electron chi connectivity index (χ1n) is 12.2. The van der Waals surface area contributed by atoms with Crippen LogP contribution in [0.2, 0.25) is 0 Å². The summed E-state index contributed by atoms with van der Waals surface area (Å²) in [5.41, 5.74) is 2.69. The standard InChI is InChI=1S/C30H27N3O4S/c1-20(17-36-23-11-7-4-8-12-23)18-37-26-14-13-21(16-27(26)35-2)15-24-28(31)33-25(22-9-5-3-6-10-22)19-38-30(33)32-29(24)34/h3-16,19-20,31H,17-18H2,1-2H3/b24-15+,31-28?/t20-/m1/s1. The molecule has 3 aromatic rings. The molecule has 0 bridgehead atoms. The average molecular weight is 526 g/mol. The van der Waals surface area contributed by atoms with Crippen molar-refractivity contribution >= 4 is 40.4 Å². The molecule has 0 saturated carbocycles. The normalized spacial score (nSPS) is 16.6. The summed E-state index contributed by atoms with van der Waals surface area (Å²) in [5, 5.41) is 11.2. The van der Waals surface area contributed by atoms with E-state index in [9.17, 15) is 4.79 Å². The molecular weight excluding hydrogens is 498 g/mol. The Balaban J connectivity index is 1.29. The number of fused-ring (bicyclic) bond motifs is 1. The van der Waals surface area contributed by atoms with Crippen molar-refractivity contribution in [3.63, 3.8) is 0 Å². The third-order valence-electron chi connectivity index (χ3n) is 5.98. The molecule has 1 amide bonds. The predicted octanol–water partition coefficient (Wildman–Crippen LogP) is 6.09. The van der Waals surface area contributed by atoms with Gasteiger partial charge in [-0.1, -0.05) is 73.3 Å². The molecule has 0 saturated heterocycles. The number of amidine groups is 2. The summed E-state index contributed by atoms with van der Waals surface area (Å²) in [5.74, 6) is 1.76. The number of nitrogens with one attached hydrogen (secondary N) is 1. The minimum atomic E-state index is -0.442. The summed E-state index contributed by atoms with van der Waals surface area (Å²) >= 11 is 1.34. The van der Waals surface area contributed by atoms with Gasteiger partial charge in [0.2, 0.25) is 0 Å². The molecule has 0 aliphatic carbocycles. The van der Waals surface area contributed by atoms with Crippen molar-refractivity contribution in [3.8, 4) is 17.2 Å². The van der Waals surface area contributed by atoms with E-state index in [1.165, 1.54) is 11.8 Å². The molecule has 1 N–H and O–H groups in total. The van der Waals surface area contributed by atoms with Gasteiger partial charge in [0.1, 0.15) is 11.6 Å². The number of ether oxygens (including phenoxy) is 3. The van der Waals surface area contributed by atoms with Crippen LogP contribution < -0.4 is 14.2 Å². The number of carbonyl (C=O) groups is 1. The van der Waals surface area contributed by atoms with E-state index >= 15 is 0 Å². The number of amides is 1. The van der Waals surface area contributed by atoms with Gasteiger partial charge in [0.15, 0.2) is 16.7 Å². The van der Waals surface area contributed by atoms with Crippen LogP contribution in [-0.4, -0.2) is 42.1 Å². The van der Waals surface area contributed by atoms with Gasteiger partial charge in [-0.2, -0.15) is 4.99 Å². The van der Waals surface area contributed by atoms with Crippen molar-refractivity contribution in [1.82, 2.24) is 4.90 Å². The second kappa shape index (κ2) is 11.4. The Morgan fingerprint density at radius 1 is 0.974 bits per heavy atom. The van der Waals surface area contributed by atoms with Crippen molar-refractivity contribution in [2.45, 2.75) is 6.92 Å². The molecule has 192 valence electrons. The molecule has 0 radical (unpaired) electrons. The Labute approximate surface area is 225 Å². The number of aliphatic imine (C=N–C) groups is 1. The van der Waals surface area contributed by atoms with Crippen LogP contribution in [0.4, 0.5) is 0 Å². The van der Waals surface area contributed by atoms with Crippen molar-refractivity contribution < 1.29 is 19.0 Å². The van der Waals surface area contributed by atoms with Crippen molar-refractivity contribution in [2.75, 3.05) is 20.3 Å². The van der Waals surface area contributed by atoms with Crippen LogP contribution in [0.5, 0.6) is 17.2 Å². The Morgan fingerprint density at radius 3 is 2.42 bits per heavy atom. The van der Waals surface area contributed by atoms with E-state index in [4.69, 9.17) is 19.6 Å². The number of nitrogens with zero attached hydrogens (tertiary/aromatic N) is 2. The summed E-state index contributed by atoms with van der Waals surface area (Å²) in [6, 6.07) is 24.9. The first-order chi connectivity index (χ1) is 18.5. The fraction of sp³-hybridized carbons (Fsp3) is 0.167. The van der Waals surface area contributed by atoms with E-state index in [1.54, 1.807) is 24.2 Å². The molecule has 2 aliphatic heterocycles. The lowest BCUT2D eigenvalue weighted by atomic mass is 10.1. The van der Waals surface area contributed by atoms with E-state index in [1.807, 2.05) is 78.2 Å². The molecule has 2 heterocycles. The maximum atomic E-state index is 12.8. The summed E-state index contributed by atoms with van der Waals surface area (Å²) in [7, 11) is 1.57. The Morgan fingerprint density at radius 2 is 1.68 bits per heavy atom. The third kappa shape index (κ3) is 5.50. The first-order valence-corrected chi connectivity index (χ1v) is 13.1. The predicted molar refractivity (Wildman–Crippen MR) is 152 cm³/mol. The minimum absolute atomic E-state index is 0.0895. The van der Waals surface area contributed by atoms with Crippen LogP contribution in [0.15, 0.2) is 94.8 Å². The maximum absolute atomic E-state index is 12.8. The smallest absolute Gasteiger partial charge is 0.283 e. The monoisotopic (exact) mass is 525 g/mol. The van der Waals surface area contributed by atoms with Gasteiger partial charge in [-0.3, -0.25) is 15.1 Å². The topological polar surface area (TPSA) is 84.2 Å². The Bertz CT molecular complexity index is 1430. The second-order valence-electron chi connectivity index (χ2n) is 8.88. The molecule has 0 spiro atoms. The van der Waals surface area contributed by atoms with Gasteiger partial charge in [0, 0.05) is 11.3 Å². The number of carbonyl (C=O) groups excluding carboxylic acids is 1. The summed E-state index contributed by atoms with van der Waals surface area (Å²) in [6.45, 7) is 3.03. The second-order valence-corrected chi connectivity index (χ2v) is 9.72. The summed E-state index contributed by atoms with van der Waals surface area (Å²) in [6.07, 6.45) is 1.67. The molecule has 0 unspecified atom stereocenters. The van der Waals surface area contributed by atoms with Gasteiger partial charge in [-0.15, -0.1) is 0 Å². The summed E-state index contributed by atoms with van der Waals surface area (Å²) < 4.78 is 17.4. The van der Waals surface area contributed by atoms with Gasteiger partial charge in [0.05, 0.1) is 31.6 Å². The maximum Gasteiger partial charge on any atom is 0.283 e. The molecular formula is C30H27N3O4S. The number of thioether (sulfide) groups is 1. The van der Waals surface area contributed by atoms with Crippen molar-refractivity contribution in [2.24, 2.45) is 10.9 Å². The Kier molecular flexibility index (Phi) is 7.60. The SMILES string of the molecule is COc1cc(/C=C2\C(=N)N3C(c4ccccc4)=CSC3=NC2=O)ccc1OC[C@H](C)COc1ccccc1. The fourth-order valence-electron chi connectivity index (χ4n) is 4.01. The van der Waals surface area contributed by atoms with Crippen LogP contribution >= 0.6 is 11.8 Å². The number of methoxy groups -OCH3 is 1. The highest BCUT2D eigenvalue weighted by molar-refractivity contribution is 8.17. The minimum Gasteiger partial charge on any atom is -0.493 e. The number of hydrogen-bond acceptors (Lipinski definition) is 6. The highest BCUT2D eigenvalue weighted by Crippen LogP contribution is 2.37. The van der Waals surface area contributed by atoms with Crippen molar-refractivity contribution in [1.29, 1.82) is 5.41 Å². The van der Waals surface area contributed by atoms with Gasteiger partial charge in [-0.05, 0) is 41.5 Å². The van der Waals surface area contributed by atoms with Crippen LogP contribution in [0.3, 0.4) is 0 Å². The fourth-order valence-corrected chi connectivity index (χ4v) is 4.90. The van der Waals surface area contributed by atoms with E-state index in [2.05, 4.69) is 11.9 Å². The van der Waals surface area contributed by atoms with Crippen LogP contribution in [0, 0.1) is 11.3 Å². The zero-order valence-corrected chi connectivity index (χ0v) is 21.9. The highest BCUT2D eigenvalue weighted by Gasteiger charge is 2.36. The van der Waals surface area contributed by atoms with Crippen LogP contribution in [0.25, 0.3) is 11.8 Å².